The van der Waals surface area contributed by atoms with E-state index in [-0.39, 0.29) is 11.5 Å². The zero-order valence-corrected chi connectivity index (χ0v) is 21.7. The SMILES string of the molecule is CN(C)CCCCONC/C=C/[C@H]1CC[C@]2(O)[C@@H]3CC[C@@H]4C[C@@H](O)CC[C@]4(C)[C@H]3CC[C@]12C. The van der Waals surface area contributed by atoms with Gasteiger partial charge >= 0.3 is 0 Å². The summed E-state index contributed by atoms with van der Waals surface area (Å²) >= 11 is 0. The summed E-state index contributed by atoms with van der Waals surface area (Å²) in [7, 11) is 4.21. The summed E-state index contributed by atoms with van der Waals surface area (Å²) in [6.07, 6.45) is 16.5. The van der Waals surface area contributed by atoms with Crippen molar-refractivity contribution in [2.75, 3.05) is 33.8 Å². The van der Waals surface area contributed by atoms with Gasteiger partial charge in [-0.15, -0.1) is 0 Å². The lowest BCUT2D eigenvalue weighted by Crippen LogP contribution is -2.62. The molecular formula is C28H50N2O3. The van der Waals surface area contributed by atoms with Crippen LogP contribution in [0.4, 0.5) is 0 Å². The fourth-order valence-electron chi connectivity index (χ4n) is 8.57. The first-order valence-electron chi connectivity index (χ1n) is 13.8. The third kappa shape index (κ3) is 4.82. The Morgan fingerprint density at radius 1 is 1.00 bits per heavy atom. The van der Waals surface area contributed by atoms with Crippen molar-refractivity contribution in [3.63, 3.8) is 0 Å². The highest BCUT2D eigenvalue weighted by Gasteiger charge is 2.66. The van der Waals surface area contributed by atoms with Crippen LogP contribution in [0.1, 0.15) is 84.5 Å². The van der Waals surface area contributed by atoms with Crippen LogP contribution >= 0.6 is 0 Å². The van der Waals surface area contributed by atoms with E-state index in [0.717, 1.165) is 77.5 Å². The number of aliphatic hydroxyl groups excluding tert-OH is 1. The molecule has 8 atom stereocenters. The number of fused-ring (bicyclic) bond motifs is 5. The molecule has 0 unspecified atom stereocenters. The summed E-state index contributed by atoms with van der Waals surface area (Å²) < 4.78 is 0. The number of nitrogens with one attached hydrogen (secondary N) is 1. The third-order valence-electron chi connectivity index (χ3n) is 10.7. The van der Waals surface area contributed by atoms with Gasteiger partial charge in [-0.1, -0.05) is 26.0 Å². The molecule has 3 N–H and O–H groups in total. The quantitative estimate of drug-likeness (QED) is 0.267. The smallest absolute Gasteiger partial charge is 0.0737 e. The molecule has 4 rings (SSSR count). The second-order valence-electron chi connectivity index (χ2n) is 12.6. The molecule has 0 heterocycles. The molecule has 0 aromatic carbocycles. The van der Waals surface area contributed by atoms with Crippen LogP contribution in [0.5, 0.6) is 0 Å². The number of rotatable bonds is 9. The molecule has 0 spiro atoms. The molecule has 0 aromatic heterocycles. The normalized spacial score (nSPS) is 45.2. The molecule has 4 fully saturated rings. The maximum absolute atomic E-state index is 12.2. The lowest BCUT2D eigenvalue weighted by Gasteiger charge is -2.63. The predicted molar refractivity (Wildman–Crippen MR) is 134 cm³/mol. The van der Waals surface area contributed by atoms with E-state index in [1.807, 2.05) is 0 Å². The second-order valence-corrected chi connectivity index (χ2v) is 12.6. The lowest BCUT2D eigenvalue weighted by molar-refractivity contribution is -0.207. The van der Waals surface area contributed by atoms with Gasteiger partial charge in [0.1, 0.15) is 0 Å². The highest BCUT2D eigenvalue weighted by atomic mass is 16.6. The van der Waals surface area contributed by atoms with Crippen molar-refractivity contribution >= 4 is 0 Å². The van der Waals surface area contributed by atoms with Crippen molar-refractivity contribution in [2.45, 2.75) is 96.2 Å². The van der Waals surface area contributed by atoms with E-state index in [1.165, 1.54) is 12.8 Å². The molecule has 4 aliphatic rings. The van der Waals surface area contributed by atoms with Crippen molar-refractivity contribution < 1.29 is 15.1 Å². The van der Waals surface area contributed by atoms with E-state index in [0.29, 0.717) is 29.1 Å². The molecule has 33 heavy (non-hydrogen) atoms. The molecule has 0 aliphatic heterocycles. The zero-order valence-electron chi connectivity index (χ0n) is 21.7. The molecule has 0 saturated heterocycles. The highest BCUT2D eigenvalue weighted by Crippen LogP contribution is 2.69. The van der Waals surface area contributed by atoms with Crippen LogP contribution in [0.25, 0.3) is 0 Å². The maximum atomic E-state index is 12.2. The van der Waals surface area contributed by atoms with Crippen LogP contribution < -0.4 is 5.48 Å². The Labute approximate surface area is 202 Å². The van der Waals surface area contributed by atoms with Gasteiger partial charge in [-0.05, 0) is 120 Å². The fraction of sp³-hybridized carbons (Fsp3) is 0.929. The van der Waals surface area contributed by atoms with E-state index in [1.54, 1.807) is 0 Å². The van der Waals surface area contributed by atoms with Crippen LogP contribution in [0.2, 0.25) is 0 Å². The summed E-state index contributed by atoms with van der Waals surface area (Å²) in [5, 5.41) is 22.5. The van der Waals surface area contributed by atoms with Crippen LogP contribution in [0.15, 0.2) is 12.2 Å². The number of aliphatic hydroxyl groups is 2. The highest BCUT2D eigenvalue weighted by molar-refractivity contribution is 5.19. The van der Waals surface area contributed by atoms with Crippen LogP contribution in [-0.4, -0.2) is 60.6 Å². The number of hydrogen-bond acceptors (Lipinski definition) is 5. The van der Waals surface area contributed by atoms with Gasteiger partial charge in [0.05, 0.1) is 18.3 Å². The third-order valence-corrected chi connectivity index (χ3v) is 10.7. The average molecular weight is 463 g/mol. The number of unbranched alkanes of at least 4 members (excludes halogenated alkanes) is 1. The van der Waals surface area contributed by atoms with Gasteiger partial charge in [0.2, 0.25) is 0 Å². The molecular weight excluding hydrogens is 412 g/mol. The minimum atomic E-state index is -0.536. The summed E-state index contributed by atoms with van der Waals surface area (Å²) in [5.74, 6) is 2.13. The van der Waals surface area contributed by atoms with Gasteiger partial charge in [0, 0.05) is 12.0 Å². The van der Waals surface area contributed by atoms with Crippen molar-refractivity contribution in [3.8, 4) is 0 Å². The largest absolute Gasteiger partial charge is 0.393 e. The topological polar surface area (TPSA) is 65.0 Å². The van der Waals surface area contributed by atoms with Gasteiger partial charge in [-0.2, -0.15) is 5.48 Å². The van der Waals surface area contributed by atoms with Crippen LogP contribution in [0, 0.1) is 34.5 Å². The van der Waals surface area contributed by atoms with Gasteiger partial charge in [0.25, 0.3) is 0 Å². The Morgan fingerprint density at radius 2 is 1.82 bits per heavy atom. The molecule has 0 aromatic rings. The monoisotopic (exact) mass is 462 g/mol. The number of hydroxylamine groups is 1. The minimum Gasteiger partial charge on any atom is -0.393 e. The first kappa shape index (κ1) is 25.6. The Morgan fingerprint density at radius 3 is 2.61 bits per heavy atom. The lowest BCUT2D eigenvalue weighted by atomic mass is 9.43. The van der Waals surface area contributed by atoms with Crippen molar-refractivity contribution in [2.24, 2.45) is 34.5 Å². The van der Waals surface area contributed by atoms with Crippen molar-refractivity contribution in [1.82, 2.24) is 10.4 Å². The maximum Gasteiger partial charge on any atom is 0.0737 e. The number of nitrogens with zero attached hydrogens (tertiary/aromatic N) is 1. The Kier molecular flexibility index (Phi) is 7.97. The first-order chi connectivity index (χ1) is 15.7. The fourth-order valence-corrected chi connectivity index (χ4v) is 8.57. The van der Waals surface area contributed by atoms with E-state index < -0.39 is 5.60 Å². The van der Waals surface area contributed by atoms with E-state index in [4.69, 9.17) is 4.84 Å². The minimum absolute atomic E-state index is 0.0188. The summed E-state index contributed by atoms with van der Waals surface area (Å²) in [6.45, 7) is 7.45. The standard InChI is InChI=1S/C28H50N2O3/c1-26-14-12-23(31)20-22(26)9-10-25-24(26)13-15-27(2)21(11-16-28(25,27)32)8-7-17-29-33-19-6-5-18-30(3)4/h7-8,21-25,29,31-32H,5-6,9-20H2,1-4H3/b8-7+/t21-,22+,23-,24-,25+,26-,27+,28-/m0/s1. The molecule has 5 heteroatoms. The molecule has 0 bridgehead atoms. The number of allylic oxidation sites excluding steroid dienone is 1. The molecule has 190 valence electrons. The Bertz CT molecular complexity index is 684. The second kappa shape index (κ2) is 10.3. The first-order valence-corrected chi connectivity index (χ1v) is 13.8. The summed E-state index contributed by atoms with van der Waals surface area (Å²) in [4.78, 5) is 7.79. The van der Waals surface area contributed by atoms with Gasteiger partial charge in [0.15, 0.2) is 0 Å². The Hall–Kier alpha value is -0.460. The van der Waals surface area contributed by atoms with Crippen LogP contribution in [0.3, 0.4) is 0 Å². The predicted octanol–water partition coefficient (Wildman–Crippen LogP) is 4.54. The van der Waals surface area contributed by atoms with Gasteiger partial charge in [-0.3, -0.25) is 0 Å². The van der Waals surface area contributed by atoms with Crippen molar-refractivity contribution in [1.29, 1.82) is 0 Å². The number of hydrogen-bond donors (Lipinski definition) is 3. The Balaban J connectivity index is 1.31. The van der Waals surface area contributed by atoms with Crippen molar-refractivity contribution in [3.05, 3.63) is 12.2 Å². The van der Waals surface area contributed by atoms with E-state index in [2.05, 4.69) is 50.5 Å². The molecule has 4 aliphatic carbocycles. The van der Waals surface area contributed by atoms with Gasteiger partial charge in [-0.25, -0.2) is 0 Å². The van der Waals surface area contributed by atoms with E-state index >= 15 is 0 Å². The average Bonchev–Trinajstić information content (AvgIpc) is 3.04. The summed E-state index contributed by atoms with van der Waals surface area (Å²) in [5.41, 5.74) is 2.84. The molecule has 5 nitrogen and oxygen atoms in total. The zero-order chi connectivity index (χ0) is 23.7. The molecule has 0 amide bonds. The van der Waals surface area contributed by atoms with Gasteiger partial charge < -0.3 is 20.0 Å². The van der Waals surface area contributed by atoms with Crippen LogP contribution in [-0.2, 0) is 4.84 Å². The van der Waals surface area contributed by atoms with E-state index in [9.17, 15) is 10.2 Å². The molecule has 0 radical (unpaired) electrons. The molecule has 4 saturated carbocycles. The summed E-state index contributed by atoms with van der Waals surface area (Å²) in [6, 6.07) is 0.